The Bertz CT molecular complexity index is 750. The standard InChI is InChI=1S/C18H23N3O3/c1-24-17(22)16-5-3-2-4-15(16)12-14-6-8-20(13-14)10-11-21-9-7-19-18(21)23/h2-5,7,9,14H,6,8,10-13H2,1H3,(H,19,23). The predicted molar refractivity (Wildman–Crippen MR) is 91.1 cm³/mol. The molecule has 0 radical (unpaired) electrons. The van der Waals surface area contributed by atoms with Crippen LogP contribution in [0.1, 0.15) is 22.3 Å². The van der Waals surface area contributed by atoms with Gasteiger partial charge in [0.05, 0.1) is 12.7 Å². The third kappa shape index (κ3) is 3.76. The number of aromatic nitrogens is 2. The summed E-state index contributed by atoms with van der Waals surface area (Å²) in [5.74, 6) is 0.256. The lowest BCUT2D eigenvalue weighted by Crippen LogP contribution is -2.28. The van der Waals surface area contributed by atoms with E-state index >= 15 is 0 Å². The summed E-state index contributed by atoms with van der Waals surface area (Å²) in [4.78, 5) is 28.4. The largest absolute Gasteiger partial charge is 0.465 e. The molecular weight excluding hydrogens is 306 g/mol. The maximum absolute atomic E-state index is 11.9. The van der Waals surface area contributed by atoms with E-state index in [9.17, 15) is 9.59 Å². The number of nitrogens with zero attached hydrogens (tertiary/aromatic N) is 2. The molecule has 0 aliphatic carbocycles. The molecule has 0 saturated carbocycles. The lowest BCUT2D eigenvalue weighted by molar-refractivity contribution is 0.0599. The zero-order valence-electron chi connectivity index (χ0n) is 13.9. The van der Waals surface area contributed by atoms with Crippen LogP contribution in [-0.2, 0) is 17.7 Å². The highest BCUT2D eigenvalue weighted by Gasteiger charge is 2.24. The fourth-order valence-corrected chi connectivity index (χ4v) is 3.38. The Kier molecular flexibility index (Phi) is 5.15. The minimum absolute atomic E-state index is 0.0576. The number of benzene rings is 1. The van der Waals surface area contributed by atoms with Gasteiger partial charge in [-0.15, -0.1) is 0 Å². The molecule has 0 bridgehead atoms. The zero-order valence-corrected chi connectivity index (χ0v) is 13.9. The normalized spacial score (nSPS) is 18.0. The van der Waals surface area contributed by atoms with E-state index in [1.54, 1.807) is 17.0 Å². The van der Waals surface area contributed by atoms with Crippen molar-refractivity contribution in [1.82, 2.24) is 14.5 Å². The van der Waals surface area contributed by atoms with Crippen molar-refractivity contribution in [3.63, 3.8) is 0 Å². The second-order valence-corrected chi connectivity index (χ2v) is 6.27. The van der Waals surface area contributed by atoms with Gasteiger partial charge in [-0.1, -0.05) is 18.2 Å². The Labute approximate surface area is 141 Å². The summed E-state index contributed by atoms with van der Waals surface area (Å²) in [6.45, 7) is 3.60. The van der Waals surface area contributed by atoms with Crippen molar-refractivity contribution >= 4 is 5.97 Å². The minimum atomic E-state index is -0.271. The third-order valence-electron chi connectivity index (χ3n) is 4.68. The second kappa shape index (κ2) is 7.49. The Morgan fingerprint density at radius 1 is 1.33 bits per heavy atom. The topological polar surface area (TPSA) is 67.3 Å². The number of hydrogen-bond acceptors (Lipinski definition) is 4. The summed E-state index contributed by atoms with van der Waals surface area (Å²) in [5, 5.41) is 0. The first-order valence-electron chi connectivity index (χ1n) is 8.29. The number of H-pyrrole nitrogens is 1. The monoisotopic (exact) mass is 329 g/mol. The van der Waals surface area contributed by atoms with Gasteiger partial charge in [0.1, 0.15) is 0 Å². The number of imidazole rings is 1. The van der Waals surface area contributed by atoms with E-state index in [-0.39, 0.29) is 11.7 Å². The van der Waals surface area contributed by atoms with Gasteiger partial charge >= 0.3 is 11.7 Å². The fourth-order valence-electron chi connectivity index (χ4n) is 3.38. The van der Waals surface area contributed by atoms with Gasteiger partial charge in [-0.05, 0) is 36.9 Å². The predicted octanol–water partition coefficient (Wildman–Crippen LogP) is 1.53. The van der Waals surface area contributed by atoms with Gasteiger partial charge in [0.25, 0.3) is 0 Å². The van der Waals surface area contributed by atoms with Crippen LogP contribution in [0.4, 0.5) is 0 Å². The summed E-state index contributed by atoms with van der Waals surface area (Å²) in [7, 11) is 1.42. The first kappa shape index (κ1) is 16.5. The summed E-state index contributed by atoms with van der Waals surface area (Å²) >= 11 is 0. The molecule has 128 valence electrons. The molecule has 0 amide bonds. The molecule has 2 aromatic rings. The molecule has 1 N–H and O–H groups in total. The Balaban J connectivity index is 1.56. The van der Waals surface area contributed by atoms with Crippen molar-refractivity contribution in [3.8, 4) is 0 Å². The van der Waals surface area contributed by atoms with Gasteiger partial charge in [-0.3, -0.25) is 4.57 Å². The number of ether oxygens (including phenoxy) is 1. The summed E-state index contributed by atoms with van der Waals surface area (Å²) in [5.41, 5.74) is 1.66. The first-order chi connectivity index (χ1) is 11.7. The maximum Gasteiger partial charge on any atom is 0.338 e. The van der Waals surface area contributed by atoms with E-state index in [1.165, 1.54) is 7.11 Å². The molecule has 1 aromatic heterocycles. The van der Waals surface area contributed by atoms with Crippen LogP contribution in [0.25, 0.3) is 0 Å². The highest BCUT2D eigenvalue weighted by Crippen LogP contribution is 2.23. The summed E-state index contributed by atoms with van der Waals surface area (Å²) in [6, 6.07) is 7.67. The van der Waals surface area contributed by atoms with E-state index in [2.05, 4.69) is 9.88 Å². The highest BCUT2D eigenvalue weighted by molar-refractivity contribution is 5.90. The molecule has 2 heterocycles. The van der Waals surface area contributed by atoms with Crippen LogP contribution in [0.2, 0.25) is 0 Å². The van der Waals surface area contributed by atoms with E-state index in [4.69, 9.17) is 4.74 Å². The van der Waals surface area contributed by atoms with Gasteiger partial charge in [0, 0.05) is 32.0 Å². The average molecular weight is 329 g/mol. The first-order valence-corrected chi connectivity index (χ1v) is 8.29. The van der Waals surface area contributed by atoms with Crippen LogP contribution in [0.3, 0.4) is 0 Å². The molecule has 1 aromatic carbocycles. The molecule has 1 aliphatic heterocycles. The number of nitrogens with one attached hydrogen (secondary N) is 1. The smallest absolute Gasteiger partial charge is 0.338 e. The van der Waals surface area contributed by atoms with Crippen LogP contribution in [0, 0.1) is 5.92 Å². The quantitative estimate of drug-likeness (QED) is 0.816. The lowest BCUT2D eigenvalue weighted by Gasteiger charge is -2.16. The molecule has 24 heavy (non-hydrogen) atoms. The number of rotatable bonds is 6. The number of methoxy groups -OCH3 is 1. The van der Waals surface area contributed by atoms with E-state index < -0.39 is 0 Å². The SMILES string of the molecule is COC(=O)c1ccccc1CC1CCN(CCn2cc[nH]c2=O)C1. The molecular formula is C18H23N3O3. The number of carbonyl (C=O) groups excluding carboxylic acids is 1. The molecule has 1 saturated heterocycles. The summed E-state index contributed by atoms with van der Waals surface area (Å²) in [6.07, 6.45) is 5.44. The van der Waals surface area contributed by atoms with Crippen LogP contribution in [0.15, 0.2) is 41.5 Å². The van der Waals surface area contributed by atoms with Gasteiger partial charge in [0.2, 0.25) is 0 Å². The minimum Gasteiger partial charge on any atom is -0.465 e. The second-order valence-electron chi connectivity index (χ2n) is 6.27. The molecule has 3 rings (SSSR count). The van der Waals surface area contributed by atoms with Crippen LogP contribution in [0.5, 0.6) is 0 Å². The van der Waals surface area contributed by atoms with Gasteiger partial charge in [-0.2, -0.15) is 0 Å². The fraction of sp³-hybridized carbons (Fsp3) is 0.444. The van der Waals surface area contributed by atoms with Crippen LogP contribution < -0.4 is 5.69 Å². The van der Waals surface area contributed by atoms with Crippen molar-refractivity contribution in [1.29, 1.82) is 0 Å². The van der Waals surface area contributed by atoms with Crippen molar-refractivity contribution in [3.05, 3.63) is 58.3 Å². The molecule has 6 heteroatoms. The highest BCUT2D eigenvalue weighted by atomic mass is 16.5. The number of likely N-dealkylation sites (tertiary alicyclic amines) is 1. The maximum atomic E-state index is 11.9. The van der Waals surface area contributed by atoms with Crippen molar-refractivity contribution in [2.75, 3.05) is 26.7 Å². The Morgan fingerprint density at radius 2 is 2.17 bits per heavy atom. The van der Waals surface area contributed by atoms with Gasteiger partial charge in [-0.25, -0.2) is 9.59 Å². The molecule has 1 atom stereocenters. The number of hydrogen-bond donors (Lipinski definition) is 1. The molecule has 1 aliphatic rings. The third-order valence-corrected chi connectivity index (χ3v) is 4.68. The molecule has 1 unspecified atom stereocenters. The summed E-state index contributed by atoms with van der Waals surface area (Å²) < 4.78 is 6.56. The lowest BCUT2D eigenvalue weighted by atomic mass is 9.95. The van der Waals surface area contributed by atoms with Crippen LogP contribution >= 0.6 is 0 Å². The van der Waals surface area contributed by atoms with Gasteiger partial charge in [0.15, 0.2) is 0 Å². The Hall–Kier alpha value is -2.34. The molecule has 6 nitrogen and oxygen atoms in total. The molecule has 1 fully saturated rings. The van der Waals surface area contributed by atoms with Crippen molar-refractivity contribution in [2.45, 2.75) is 19.4 Å². The van der Waals surface area contributed by atoms with Crippen molar-refractivity contribution < 1.29 is 9.53 Å². The average Bonchev–Trinajstić information content (AvgIpc) is 3.21. The van der Waals surface area contributed by atoms with Gasteiger partial charge < -0.3 is 14.6 Å². The number of aromatic amines is 1. The Morgan fingerprint density at radius 3 is 2.92 bits per heavy atom. The van der Waals surface area contributed by atoms with E-state index in [1.807, 2.05) is 24.3 Å². The zero-order chi connectivity index (χ0) is 16.9. The van der Waals surface area contributed by atoms with Crippen LogP contribution in [-0.4, -0.2) is 47.2 Å². The number of esters is 1. The number of carbonyl (C=O) groups is 1. The van der Waals surface area contributed by atoms with Crippen molar-refractivity contribution in [2.24, 2.45) is 5.92 Å². The van der Waals surface area contributed by atoms with E-state index in [0.29, 0.717) is 18.0 Å². The molecule has 0 spiro atoms. The van der Waals surface area contributed by atoms with E-state index in [0.717, 1.165) is 38.0 Å².